The van der Waals surface area contributed by atoms with Gasteiger partial charge in [-0.2, -0.15) is 4.98 Å². The molecule has 0 N–H and O–H groups in total. The predicted molar refractivity (Wildman–Crippen MR) is 86.7 cm³/mol. The van der Waals surface area contributed by atoms with Gasteiger partial charge in [0.15, 0.2) is 5.82 Å². The van der Waals surface area contributed by atoms with Crippen molar-refractivity contribution in [3.05, 3.63) is 41.5 Å². The van der Waals surface area contributed by atoms with Crippen LogP contribution in [0, 0.1) is 0 Å². The molecule has 1 unspecified atom stereocenters. The molecular formula is C18H21N3O3. The molecule has 24 heavy (non-hydrogen) atoms. The van der Waals surface area contributed by atoms with Crippen LogP contribution in [0.1, 0.15) is 55.3 Å². The first kappa shape index (κ1) is 15.2. The first-order chi connectivity index (χ1) is 11.7. The van der Waals surface area contributed by atoms with Crippen molar-refractivity contribution in [2.75, 3.05) is 13.2 Å². The van der Waals surface area contributed by atoms with Crippen molar-refractivity contribution in [2.45, 2.75) is 44.6 Å². The Balaban J connectivity index is 1.46. The van der Waals surface area contributed by atoms with Crippen LogP contribution in [0.25, 0.3) is 0 Å². The normalized spacial score (nSPS) is 20.6. The fourth-order valence-corrected chi connectivity index (χ4v) is 3.15. The highest BCUT2D eigenvalue weighted by atomic mass is 16.5. The lowest BCUT2D eigenvalue weighted by Crippen LogP contribution is -2.24. The van der Waals surface area contributed by atoms with Gasteiger partial charge in [-0.1, -0.05) is 23.4 Å². The maximum Gasteiger partial charge on any atom is 0.232 e. The molecule has 4 rings (SSSR count). The number of hydrogen-bond acceptors (Lipinski definition) is 5. The monoisotopic (exact) mass is 327 g/mol. The molecule has 2 aromatic rings. The summed E-state index contributed by atoms with van der Waals surface area (Å²) in [6.07, 6.45) is 2.72. The van der Waals surface area contributed by atoms with Gasteiger partial charge >= 0.3 is 0 Å². The van der Waals surface area contributed by atoms with E-state index >= 15 is 0 Å². The molecule has 1 saturated heterocycles. The smallest absolute Gasteiger partial charge is 0.232 e. The molecule has 2 fully saturated rings. The molecule has 0 bridgehead atoms. The molecule has 1 amide bonds. The van der Waals surface area contributed by atoms with E-state index in [0.717, 1.165) is 30.0 Å². The van der Waals surface area contributed by atoms with Gasteiger partial charge in [0.25, 0.3) is 0 Å². The fraction of sp³-hybridized carbons (Fsp3) is 0.500. The van der Waals surface area contributed by atoms with Crippen LogP contribution in [0.2, 0.25) is 0 Å². The average Bonchev–Trinajstić information content (AvgIpc) is 3.20. The van der Waals surface area contributed by atoms with Crippen LogP contribution in [-0.4, -0.2) is 34.1 Å². The molecule has 1 atom stereocenters. The molecule has 0 radical (unpaired) electrons. The van der Waals surface area contributed by atoms with Gasteiger partial charge in [-0.15, -0.1) is 0 Å². The maximum atomic E-state index is 12.4. The Kier molecular flexibility index (Phi) is 3.96. The predicted octanol–water partition coefficient (Wildman–Crippen LogP) is 2.86. The van der Waals surface area contributed by atoms with Crippen LogP contribution in [-0.2, 0) is 11.3 Å². The van der Waals surface area contributed by atoms with Gasteiger partial charge in [-0.05, 0) is 25.8 Å². The highest BCUT2D eigenvalue weighted by molar-refractivity contribution is 5.79. The summed E-state index contributed by atoms with van der Waals surface area (Å²) in [6, 6.07) is 7.86. The lowest BCUT2D eigenvalue weighted by atomic mass is 10.1. The van der Waals surface area contributed by atoms with Gasteiger partial charge in [0.2, 0.25) is 11.8 Å². The lowest BCUT2D eigenvalue weighted by molar-refractivity contribution is -0.128. The second-order valence-corrected chi connectivity index (χ2v) is 6.48. The highest BCUT2D eigenvalue weighted by Gasteiger charge is 2.36. The molecule has 1 aromatic carbocycles. The van der Waals surface area contributed by atoms with Crippen molar-refractivity contribution >= 4 is 5.91 Å². The van der Waals surface area contributed by atoms with E-state index in [1.807, 2.05) is 36.1 Å². The van der Waals surface area contributed by atoms with Crippen molar-refractivity contribution in [2.24, 2.45) is 0 Å². The van der Waals surface area contributed by atoms with Crippen LogP contribution in [0.4, 0.5) is 0 Å². The van der Waals surface area contributed by atoms with E-state index in [1.165, 1.54) is 0 Å². The van der Waals surface area contributed by atoms with E-state index in [9.17, 15) is 4.79 Å². The van der Waals surface area contributed by atoms with Gasteiger partial charge in [0.05, 0.1) is 12.5 Å². The Hall–Kier alpha value is -2.37. The third kappa shape index (κ3) is 3.00. The average molecular weight is 327 g/mol. The second kappa shape index (κ2) is 6.26. The highest BCUT2D eigenvalue weighted by Crippen LogP contribution is 2.39. The summed E-state index contributed by atoms with van der Waals surface area (Å²) in [7, 11) is 0. The zero-order valence-electron chi connectivity index (χ0n) is 13.8. The van der Waals surface area contributed by atoms with Crippen molar-refractivity contribution in [3.8, 4) is 5.75 Å². The van der Waals surface area contributed by atoms with Crippen molar-refractivity contribution < 1.29 is 14.1 Å². The summed E-state index contributed by atoms with van der Waals surface area (Å²) in [5.74, 6) is 2.83. The van der Waals surface area contributed by atoms with Crippen LogP contribution < -0.4 is 4.74 Å². The number of ether oxygens (including phenoxy) is 1. The Morgan fingerprint density at radius 1 is 1.29 bits per heavy atom. The molecule has 6 heteroatoms. The standard InChI is InChI=1S/C18H21N3O3/c1-2-23-15-6-4-3-5-13(15)10-21-11-14(9-16(21)22)18-19-17(20-24-18)12-7-8-12/h3-6,12,14H,2,7-11H2,1H3. The quantitative estimate of drug-likeness (QED) is 0.816. The number of nitrogens with zero attached hydrogens (tertiary/aromatic N) is 3. The van der Waals surface area contributed by atoms with Crippen LogP contribution in [0.3, 0.4) is 0 Å². The SMILES string of the molecule is CCOc1ccccc1CN1CC(c2nc(C3CC3)no2)CC1=O. The molecule has 0 spiro atoms. The maximum absolute atomic E-state index is 12.4. The molecule has 1 saturated carbocycles. The number of carbonyl (C=O) groups is 1. The Labute approximate surface area is 140 Å². The van der Waals surface area contributed by atoms with E-state index in [0.29, 0.717) is 37.9 Å². The Morgan fingerprint density at radius 2 is 2.12 bits per heavy atom. The van der Waals surface area contributed by atoms with Crippen LogP contribution in [0.5, 0.6) is 5.75 Å². The summed E-state index contributed by atoms with van der Waals surface area (Å²) in [5.41, 5.74) is 1.03. The summed E-state index contributed by atoms with van der Waals surface area (Å²) >= 11 is 0. The van der Waals surface area contributed by atoms with Gasteiger partial charge in [0.1, 0.15) is 5.75 Å². The molecule has 1 aliphatic heterocycles. The molecule has 1 aromatic heterocycles. The van der Waals surface area contributed by atoms with Crippen LogP contribution >= 0.6 is 0 Å². The van der Waals surface area contributed by atoms with Crippen LogP contribution in [0.15, 0.2) is 28.8 Å². The number of hydrogen-bond donors (Lipinski definition) is 0. The third-order valence-corrected chi connectivity index (χ3v) is 4.60. The zero-order chi connectivity index (χ0) is 16.5. The van der Waals surface area contributed by atoms with E-state index in [4.69, 9.17) is 9.26 Å². The number of amides is 1. The minimum absolute atomic E-state index is 0.00300. The summed E-state index contributed by atoms with van der Waals surface area (Å²) < 4.78 is 11.0. The minimum Gasteiger partial charge on any atom is -0.494 e. The number of benzene rings is 1. The van der Waals surface area contributed by atoms with Crippen molar-refractivity contribution in [1.29, 1.82) is 0 Å². The van der Waals surface area contributed by atoms with E-state index in [2.05, 4.69) is 10.1 Å². The number of aromatic nitrogens is 2. The summed E-state index contributed by atoms with van der Waals surface area (Å²) in [4.78, 5) is 18.7. The van der Waals surface area contributed by atoms with Gasteiger partial charge < -0.3 is 14.2 Å². The minimum atomic E-state index is -0.00300. The molecule has 2 aliphatic rings. The number of rotatable bonds is 6. The first-order valence-corrected chi connectivity index (χ1v) is 8.56. The third-order valence-electron chi connectivity index (χ3n) is 4.60. The molecule has 2 heterocycles. The van der Waals surface area contributed by atoms with E-state index in [1.54, 1.807) is 0 Å². The van der Waals surface area contributed by atoms with E-state index in [-0.39, 0.29) is 11.8 Å². The van der Waals surface area contributed by atoms with Gasteiger partial charge in [-0.25, -0.2) is 0 Å². The molecular weight excluding hydrogens is 306 g/mol. The summed E-state index contributed by atoms with van der Waals surface area (Å²) in [5, 5.41) is 4.06. The van der Waals surface area contributed by atoms with Crippen molar-refractivity contribution in [1.82, 2.24) is 15.0 Å². The zero-order valence-corrected chi connectivity index (χ0v) is 13.8. The molecule has 126 valence electrons. The number of carbonyl (C=O) groups excluding carboxylic acids is 1. The Bertz CT molecular complexity index is 739. The fourth-order valence-electron chi connectivity index (χ4n) is 3.15. The second-order valence-electron chi connectivity index (χ2n) is 6.48. The topological polar surface area (TPSA) is 68.5 Å². The van der Waals surface area contributed by atoms with Gasteiger partial charge in [0, 0.05) is 31.0 Å². The summed E-state index contributed by atoms with van der Waals surface area (Å²) in [6.45, 7) is 3.74. The first-order valence-electron chi connectivity index (χ1n) is 8.56. The van der Waals surface area contributed by atoms with Gasteiger partial charge in [-0.3, -0.25) is 4.79 Å². The number of para-hydroxylation sites is 1. The Morgan fingerprint density at radius 3 is 2.92 bits per heavy atom. The van der Waals surface area contributed by atoms with E-state index < -0.39 is 0 Å². The largest absolute Gasteiger partial charge is 0.494 e. The van der Waals surface area contributed by atoms with Crippen molar-refractivity contribution in [3.63, 3.8) is 0 Å². The lowest BCUT2D eigenvalue weighted by Gasteiger charge is -2.18. The number of likely N-dealkylation sites (tertiary alicyclic amines) is 1. The molecule has 1 aliphatic carbocycles. The molecule has 6 nitrogen and oxygen atoms in total.